The number of carbonyl (C=O) groups excluding carboxylic acids is 1. The zero-order valence-electron chi connectivity index (χ0n) is 10.7. The van der Waals surface area contributed by atoms with Gasteiger partial charge in [0, 0.05) is 12.2 Å². The van der Waals surface area contributed by atoms with Crippen molar-refractivity contribution in [2.75, 3.05) is 17.2 Å². The van der Waals surface area contributed by atoms with E-state index in [1.165, 1.54) is 12.1 Å². The molecule has 0 spiro atoms. The number of rotatable bonds is 3. The summed E-state index contributed by atoms with van der Waals surface area (Å²) in [5, 5.41) is 5.95. The maximum Gasteiger partial charge on any atom is 0.262 e. The Hall–Kier alpha value is -2.56. The van der Waals surface area contributed by atoms with Gasteiger partial charge in [-0.2, -0.15) is 0 Å². The van der Waals surface area contributed by atoms with Crippen molar-refractivity contribution >= 4 is 17.3 Å². The van der Waals surface area contributed by atoms with Gasteiger partial charge in [-0.1, -0.05) is 6.07 Å². The minimum atomic E-state index is -0.260. The second-order valence-corrected chi connectivity index (χ2v) is 4.53. The lowest BCUT2D eigenvalue weighted by Gasteiger charge is -2.18. The normalized spacial score (nSPS) is 13.2. The Morgan fingerprint density at radius 1 is 1.20 bits per heavy atom. The Balaban J connectivity index is 1.70. The van der Waals surface area contributed by atoms with E-state index in [1.54, 1.807) is 12.1 Å². The first-order valence-corrected chi connectivity index (χ1v) is 6.26. The fourth-order valence-electron chi connectivity index (χ4n) is 2.01. The molecule has 0 fully saturated rings. The number of fused-ring (bicyclic) bond motifs is 1. The highest BCUT2D eigenvalue weighted by molar-refractivity contribution is 5.95. The molecule has 102 valence electrons. The Morgan fingerprint density at radius 3 is 2.80 bits per heavy atom. The van der Waals surface area contributed by atoms with Crippen molar-refractivity contribution in [3.8, 4) is 5.75 Å². The topological polar surface area (TPSA) is 50.4 Å². The van der Waals surface area contributed by atoms with Crippen LogP contribution in [0.5, 0.6) is 5.75 Å². The lowest BCUT2D eigenvalue weighted by molar-refractivity contribution is -0.118. The predicted octanol–water partition coefficient (Wildman–Crippen LogP) is 2.77. The number of benzene rings is 2. The molecular weight excluding hydrogens is 259 g/mol. The van der Waals surface area contributed by atoms with E-state index in [4.69, 9.17) is 4.74 Å². The smallest absolute Gasteiger partial charge is 0.262 e. The van der Waals surface area contributed by atoms with Crippen LogP contribution in [0.25, 0.3) is 0 Å². The SMILES string of the molecule is O=C1COc2ccc(CNc3ccc(F)cc3)cc2N1. The average Bonchev–Trinajstić information content (AvgIpc) is 2.46. The first-order valence-electron chi connectivity index (χ1n) is 6.26. The van der Waals surface area contributed by atoms with E-state index in [9.17, 15) is 9.18 Å². The lowest BCUT2D eigenvalue weighted by atomic mass is 10.1. The number of carbonyl (C=O) groups is 1. The van der Waals surface area contributed by atoms with Crippen LogP contribution in [0.2, 0.25) is 0 Å². The molecule has 0 aliphatic carbocycles. The van der Waals surface area contributed by atoms with Gasteiger partial charge in [0.2, 0.25) is 0 Å². The molecule has 2 aromatic carbocycles. The van der Waals surface area contributed by atoms with Crippen molar-refractivity contribution in [2.45, 2.75) is 6.54 Å². The van der Waals surface area contributed by atoms with Gasteiger partial charge in [-0.15, -0.1) is 0 Å². The van der Waals surface area contributed by atoms with Crippen molar-refractivity contribution in [1.82, 2.24) is 0 Å². The van der Waals surface area contributed by atoms with Crippen LogP contribution in [-0.4, -0.2) is 12.5 Å². The molecule has 1 amide bonds. The third-order valence-electron chi connectivity index (χ3n) is 3.02. The van der Waals surface area contributed by atoms with E-state index in [0.717, 1.165) is 11.3 Å². The molecule has 0 saturated heterocycles. The molecule has 0 bridgehead atoms. The largest absolute Gasteiger partial charge is 0.482 e. The van der Waals surface area contributed by atoms with Gasteiger partial charge in [0.25, 0.3) is 5.91 Å². The highest BCUT2D eigenvalue weighted by Gasteiger charge is 2.15. The summed E-state index contributed by atoms with van der Waals surface area (Å²) in [5.41, 5.74) is 2.52. The summed E-state index contributed by atoms with van der Waals surface area (Å²) in [5.74, 6) is 0.264. The number of ether oxygens (including phenoxy) is 1. The van der Waals surface area contributed by atoms with Gasteiger partial charge in [-0.25, -0.2) is 4.39 Å². The Bertz CT molecular complexity index is 641. The minimum Gasteiger partial charge on any atom is -0.482 e. The molecule has 4 nitrogen and oxygen atoms in total. The molecule has 2 aromatic rings. The Kier molecular flexibility index (Phi) is 3.25. The first kappa shape index (κ1) is 12.5. The standard InChI is InChI=1S/C15H13FN2O2/c16-11-2-4-12(5-3-11)17-8-10-1-6-14-13(7-10)18-15(19)9-20-14/h1-7,17H,8-9H2,(H,18,19). The van der Waals surface area contributed by atoms with Crippen LogP contribution in [0.3, 0.4) is 0 Å². The molecule has 1 aliphatic rings. The Labute approximate surface area is 115 Å². The van der Waals surface area contributed by atoms with Gasteiger partial charge in [0.1, 0.15) is 11.6 Å². The maximum atomic E-state index is 12.8. The van der Waals surface area contributed by atoms with Gasteiger partial charge >= 0.3 is 0 Å². The van der Waals surface area contributed by atoms with Crippen LogP contribution >= 0.6 is 0 Å². The number of amides is 1. The van der Waals surface area contributed by atoms with Crippen molar-refractivity contribution in [3.63, 3.8) is 0 Å². The quantitative estimate of drug-likeness (QED) is 0.903. The number of halogens is 1. The number of hydrogen-bond acceptors (Lipinski definition) is 3. The van der Waals surface area contributed by atoms with E-state index in [-0.39, 0.29) is 18.3 Å². The average molecular weight is 272 g/mol. The molecule has 2 N–H and O–H groups in total. The number of anilines is 2. The number of nitrogens with one attached hydrogen (secondary N) is 2. The van der Waals surface area contributed by atoms with Gasteiger partial charge < -0.3 is 15.4 Å². The van der Waals surface area contributed by atoms with Crippen molar-refractivity contribution in [3.05, 3.63) is 53.8 Å². The van der Waals surface area contributed by atoms with Crippen LogP contribution in [0.1, 0.15) is 5.56 Å². The van der Waals surface area contributed by atoms with Gasteiger partial charge in [0.15, 0.2) is 6.61 Å². The summed E-state index contributed by atoms with van der Waals surface area (Å²) in [4.78, 5) is 11.3. The first-order chi connectivity index (χ1) is 9.70. The lowest BCUT2D eigenvalue weighted by Crippen LogP contribution is -2.25. The summed E-state index contributed by atoms with van der Waals surface area (Å²) in [6, 6.07) is 11.8. The van der Waals surface area contributed by atoms with E-state index < -0.39 is 0 Å². The molecular formula is C15H13FN2O2. The molecule has 0 radical (unpaired) electrons. The zero-order chi connectivity index (χ0) is 13.9. The van der Waals surface area contributed by atoms with Crippen LogP contribution in [-0.2, 0) is 11.3 Å². The van der Waals surface area contributed by atoms with Crippen LogP contribution in [0, 0.1) is 5.82 Å². The molecule has 1 heterocycles. The fourth-order valence-corrected chi connectivity index (χ4v) is 2.01. The zero-order valence-corrected chi connectivity index (χ0v) is 10.7. The van der Waals surface area contributed by atoms with E-state index in [2.05, 4.69) is 10.6 Å². The van der Waals surface area contributed by atoms with Crippen LogP contribution in [0.15, 0.2) is 42.5 Å². The number of hydrogen-bond donors (Lipinski definition) is 2. The second-order valence-electron chi connectivity index (χ2n) is 4.53. The summed E-state index contributed by atoms with van der Waals surface area (Å²) in [7, 11) is 0. The highest BCUT2D eigenvalue weighted by atomic mass is 19.1. The molecule has 0 saturated carbocycles. The molecule has 0 aromatic heterocycles. The Morgan fingerprint density at radius 2 is 2.00 bits per heavy atom. The molecule has 0 atom stereocenters. The molecule has 20 heavy (non-hydrogen) atoms. The van der Waals surface area contributed by atoms with Crippen LogP contribution < -0.4 is 15.4 Å². The predicted molar refractivity (Wildman–Crippen MR) is 74.3 cm³/mol. The van der Waals surface area contributed by atoms with Gasteiger partial charge in [-0.05, 0) is 42.0 Å². The van der Waals surface area contributed by atoms with Crippen molar-refractivity contribution in [2.24, 2.45) is 0 Å². The second kappa shape index (κ2) is 5.21. The summed E-state index contributed by atoms with van der Waals surface area (Å²) >= 11 is 0. The highest BCUT2D eigenvalue weighted by Crippen LogP contribution is 2.28. The van der Waals surface area contributed by atoms with Crippen LogP contribution in [0.4, 0.5) is 15.8 Å². The third-order valence-corrected chi connectivity index (χ3v) is 3.02. The fraction of sp³-hybridized carbons (Fsp3) is 0.133. The van der Waals surface area contributed by atoms with E-state index >= 15 is 0 Å². The van der Waals surface area contributed by atoms with Gasteiger partial charge in [0.05, 0.1) is 5.69 Å². The monoisotopic (exact) mass is 272 g/mol. The molecule has 0 unspecified atom stereocenters. The minimum absolute atomic E-state index is 0.0557. The van der Waals surface area contributed by atoms with Crippen molar-refractivity contribution in [1.29, 1.82) is 0 Å². The third kappa shape index (κ3) is 2.71. The van der Waals surface area contributed by atoms with E-state index in [1.807, 2.05) is 18.2 Å². The summed E-state index contributed by atoms with van der Waals surface area (Å²) in [6.07, 6.45) is 0. The summed E-state index contributed by atoms with van der Waals surface area (Å²) in [6.45, 7) is 0.634. The molecule has 3 rings (SSSR count). The molecule has 1 aliphatic heterocycles. The van der Waals surface area contributed by atoms with Gasteiger partial charge in [-0.3, -0.25) is 4.79 Å². The van der Waals surface area contributed by atoms with Crippen molar-refractivity contribution < 1.29 is 13.9 Å². The summed E-state index contributed by atoms with van der Waals surface area (Å²) < 4.78 is 18.1. The maximum absolute atomic E-state index is 12.8. The van der Waals surface area contributed by atoms with E-state index in [0.29, 0.717) is 18.0 Å². The molecule has 5 heteroatoms.